The molecule has 1 aromatic carbocycles. The van der Waals surface area contributed by atoms with Crippen molar-refractivity contribution in [1.29, 1.82) is 0 Å². The van der Waals surface area contributed by atoms with Crippen LogP contribution in [0.4, 0.5) is 0 Å². The van der Waals surface area contributed by atoms with Crippen molar-refractivity contribution in [3.63, 3.8) is 0 Å². The number of rotatable bonds is 4. The van der Waals surface area contributed by atoms with Gasteiger partial charge in [0.2, 0.25) is 0 Å². The molecule has 0 bridgehead atoms. The lowest BCUT2D eigenvalue weighted by atomic mass is 9.99. The van der Waals surface area contributed by atoms with Gasteiger partial charge in [0.1, 0.15) is 20.9 Å². The molecule has 3 rings (SSSR count). The van der Waals surface area contributed by atoms with Gasteiger partial charge in [-0.2, -0.15) is 0 Å². The summed E-state index contributed by atoms with van der Waals surface area (Å²) in [7, 11) is -2.91. The Morgan fingerprint density at radius 2 is 2.24 bits per heavy atom. The summed E-state index contributed by atoms with van der Waals surface area (Å²) in [5.74, 6) is 0.502. The van der Waals surface area contributed by atoms with Gasteiger partial charge >= 0.3 is 0 Å². The zero-order valence-electron chi connectivity index (χ0n) is 12.0. The molecule has 2 heterocycles. The number of piperidine rings is 1. The second-order valence-electron chi connectivity index (χ2n) is 5.88. The summed E-state index contributed by atoms with van der Waals surface area (Å²) in [5.41, 5.74) is 2.63. The predicted molar refractivity (Wildman–Crippen MR) is 79.5 cm³/mol. The molecule has 6 nitrogen and oxygen atoms in total. The Bertz CT molecular complexity index is 726. The monoisotopic (exact) mass is 309 g/mol. The topological polar surface area (TPSA) is 76.3 Å². The Hall–Kier alpha value is -1.47. The summed E-state index contributed by atoms with van der Waals surface area (Å²) < 4.78 is 27.7. The third kappa shape index (κ3) is 3.59. The maximum atomic E-state index is 11.5. The highest BCUT2D eigenvalue weighted by molar-refractivity contribution is 7.90. The van der Waals surface area contributed by atoms with Crippen LogP contribution in [0.1, 0.15) is 18.4 Å². The number of hydrogen-bond acceptors (Lipinski definition) is 6. The third-order valence-electron chi connectivity index (χ3n) is 3.91. The van der Waals surface area contributed by atoms with Crippen LogP contribution in [0.5, 0.6) is 0 Å². The molecule has 2 aromatic rings. The Morgan fingerprint density at radius 1 is 1.38 bits per heavy atom. The number of nitrogens with zero attached hydrogens (tertiary/aromatic N) is 3. The van der Waals surface area contributed by atoms with Crippen molar-refractivity contribution in [1.82, 2.24) is 15.2 Å². The normalized spacial score (nSPS) is 20.9. The smallest absolute Gasteiger partial charge is 0.147 e. The van der Waals surface area contributed by atoms with Crippen LogP contribution < -0.4 is 0 Å². The molecule has 7 heteroatoms. The highest BCUT2D eigenvalue weighted by Crippen LogP contribution is 2.22. The zero-order valence-corrected chi connectivity index (χ0v) is 12.8. The molecule has 114 valence electrons. The number of benzene rings is 1. The molecule has 1 fully saturated rings. The van der Waals surface area contributed by atoms with Crippen LogP contribution in [-0.4, -0.2) is 48.7 Å². The quantitative estimate of drug-likeness (QED) is 0.851. The first-order valence-electron chi connectivity index (χ1n) is 7.11. The van der Waals surface area contributed by atoms with Crippen molar-refractivity contribution in [3.05, 3.63) is 23.8 Å². The fraction of sp³-hybridized carbons (Fsp3) is 0.571. The SMILES string of the molecule is CS(=O)(=O)C[C@H]1CCCN(Cc2cccc3nonc23)C1. The van der Waals surface area contributed by atoms with Gasteiger partial charge < -0.3 is 0 Å². The van der Waals surface area contributed by atoms with Crippen molar-refractivity contribution in [3.8, 4) is 0 Å². The van der Waals surface area contributed by atoms with Gasteiger partial charge in [-0.05, 0) is 47.2 Å². The average molecular weight is 309 g/mol. The summed E-state index contributed by atoms with van der Waals surface area (Å²) in [5, 5.41) is 7.81. The van der Waals surface area contributed by atoms with Crippen molar-refractivity contribution < 1.29 is 13.0 Å². The van der Waals surface area contributed by atoms with E-state index in [1.807, 2.05) is 18.2 Å². The molecule has 21 heavy (non-hydrogen) atoms. The molecule has 1 aromatic heterocycles. The van der Waals surface area contributed by atoms with E-state index in [-0.39, 0.29) is 11.7 Å². The molecule has 1 aliphatic heterocycles. The van der Waals surface area contributed by atoms with Crippen LogP contribution in [0, 0.1) is 5.92 Å². The Balaban J connectivity index is 1.71. The Morgan fingerprint density at radius 3 is 3.05 bits per heavy atom. The summed E-state index contributed by atoms with van der Waals surface area (Å²) in [6.07, 6.45) is 3.33. The fourth-order valence-corrected chi connectivity index (χ4v) is 4.22. The number of hydrogen-bond donors (Lipinski definition) is 0. The molecule has 1 saturated heterocycles. The number of likely N-dealkylation sites (tertiary alicyclic amines) is 1. The maximum absolute atomic E-state index is 11.5. The van der Waals surface area contributed by atoms with Crippen molar-refractivity contribution in [2.24, 2.45) is 5.92 Å². The fourth-order valence-electron chi connectivity index (χ4n) is 3.09. The Labute approximate surface area is 124 Å². The molecule has 0 saturated carbocycles. The van der Waals surface area contributed by atoms with E-state index in [2.05, 4.69) is 15.2 Å². The second kappa shape index (κ2) is 5.73. The number of aromatic nitrogens is 2. The Kier molecular flexibility index (Phi) is 3.95. The average Bonchev–Trinajstić information content (AvgIpc) is 2.86. The van der Waals surface area contributed by atoms with Crippen LogP contribution in [0.2, 0.25) is 0 Å². The van der Waals surface area contributed by atoms with E-state index in [0.717, 1.165) is 49.1 Å². The molecule has 0 radical (unpaired) electrons. The molecule has 1 atom stereocenters. The molecule has 0 spiro atoms. The van der Waals surface area contributed by atoms with Gasteiger partial charge in [0.05, 0.1) is 5.75 Å². The van der Waals surface area contributed by atoms with E-state index in [0.29, 0.717) is 0 Å². The molecular weight excluding hydrogens is 290 g/mol. The molecule has 0 unspecified atom stereocenters. The van der Waals surface area contributed by atoms with Crippen LogP contribution in [0.3, 0.4) is 0 Å². The van der Waals surface area contributed by atoms with E-state index in [4.69, 9.17) is 4.63 Å². The van der Waals surface area contributed by atoms with E-state index in [1.54, 1.807) is 0 Å². The lowest BCUT2D eigenvalue weighted by Crippen LogP contribution is -2.37. The van der Waals surface area contributed by atoms with Crippen LogP contribution in [-0.2, 0) is 16.4 Å². The molecular formula is C14H19N3O3S. The standard InChI is InChI=1S/C14H19N3O3S/c1-21(18,19)10-11-4-3-7-17(8-11)9-12-5-2-6-13-14(12)16-20-15-13/h2,5-6,11H,3-4,7-10H2,1H3/t11-/m0/s1. The van der Waals surface area contributed by atoms with Crippen molar-refractivity contribution in [2.45, 2.75) is 19.4 Å². The minimum atomic E-state index is -2.91. The maximum Gasteiger partial charge on any atom is 0.147 e. The lowest BCUT2D eigenvalue weighted by Gasteiger charge is -2.32. The summed E-state index contributed by atoms with van der Waals surface area (Å²) >= 11 is 0. The van der Waals surface area contributed by atoms with Crippen molar-refractivity contribution in [2.75, 3.05) is 25.1 Å². The molecule has 0 N–H and O–H groups in total. The van der Waals surface area contributed by atoms with Gasteiger partial charge in [-0.25, -0.2) is 13.0 Å². The van der Waals surface area contributed by atoms with Gasteiger partial charge in [0.15, 0.2) is 0 Å². The van der Waals surface area contributed by atoms with Crippen LogP contribution in [0.25, 0.3) is 11.0 Å². The van der Waals surface area contributed by atoms with Crippen LogP contribution in [0.15, 0.2) is 22.8 Å². The summed E-state index contributed by atoms with van der Waals surface area (Å²) in [6, 6.07) is 5.84. The summed E-state index contributed by atoms with van der Waals surface area (Å²) in [6.45, 7) is 2.56. The number of fused-ring (bicyclic) bond motifs is 1. The summed E-state index contributed by atoms with van der Waals surface area (Å²) in [4.78, 5) is 2.29. The van der Waals surface area contributed by atoms with Crippen molar-refractivity contribution >= 4 is 20.9 Å². The zero-order chi connectivity index (χ0) is 14.9. The van der Waals surface area contributed by atoms with Gasteiger partial charge in [-0.15, -0.1) is 0 Å². The highest BCUT2D eigenvalue weighted by atomic mass is 32.2. The lowest BCUT2D eigenvalue weighted by molar-refractivity contribution is 0.178. The van der Waals surface area contributed by atoms with E-state index >= 15 is 0 Å². The third-order valence-corrected chi connectivity index (χ3v) is 4.98. The van der Waals surface area contributed by atoms with Gasteiger partial charge in [0.25, 0.3) is 0 Å². The first-order chi connectivity index (χ1) is 10.0. The molecule has 0 aliphatic carbocycles. The molecule has 1 aliphatic rings. The largest absolute Gasteiger partial charge is 0.299 e. The van der Waals surface area contributed by atoms with Gasteiger partial charge in [-0.1, -0.05) is 12.1 Å². The van der Waals surface area contributed by atoms with Crippen LogP contribution >= 0.6 is 0 Å². The highest BCUT2D eigenvalue weighted by Gasteiger charge is 2.23. The van der Waals surface area contributed by atoms with Gasteiger partial charge in [0, 0.05) is 19.3 Å². The van der Waals surface area contributed by atoms with E-state index < -0.39 is 9.84 Å². The van der Waals surface area contributed by atoms with E-state index in [1.165, 1.54) is 6.26 Å². The number of sulfone groups is 1. The van der Waals surface area contributed by atoms with E-state index in [9.17, 15) is 8.42 Å². The first kappa shape index (κ1) is 14.5. The minimum absolute atomic E-state index is 0.225. The first-order valence-corrected chi connectivity index (χ1v) is 9.17. The predicted octanol–water partition coefficient (Wildman–Crippen LogP) is 1.48. The second-order valence-corrected chi connectivity index (χ2v) is 8.07. The minimum Gasteiger partial charge on any atom is -0.299 e. The van der Waals surface area contributed by atoms with Gasteiger partial charge in [-0.3, -0.25) is 4.90 Å². The molecule has 0 amide bonds.